The van der Waals surface area contributed by atoms with Crippen molar-refractivity contribution < 1.29 is 0 Å². The Morgan fingerprint density at radius 1 is 0.415 bits per heavy atom. The van der Waals surface area contributed by atoms with Crippen LogP contribution in [0.15, 0.2) is 188 Å². The molecule has 9 aromatic carbocycles. The average molecular weight is 708 g/mol. The molecule has 248 valence electrons. The van der Waals surface area contributed by atoms with Crippen molar-refractivity contribution in [2.24, 2.45) is 0 Å². The van der Waals surface area contributed by atoms with Crippen LogP contribution in [0.2, 0.25) is 0 Å². The predicted octanol–water partition coefficient (Wildman–Crippen LogP) is 12.3. The maximum absolute atomic E-state index is 2.50. The Labute approximate surface area is 314 Å². The lowest BCUT2D eigenvalue weighted by molar-refractivity contribution is 1.29. The van der Waals surface area contributed by atoms with Crippen molar-refractivity contribution in [1.29, 1.82) is 0 Å². The Bertz CT molecular complexity index is 3030. The molecule has 1 nitrogen and oxygen atoms in total. The molecule has 1 aliphatic heterocycles. The molecule has 2 heterocycles. The molecule has 0 bridgehead atoms. The van der Waals surface area contributed by atoms with E-state index in [1.807, 2.05) is 11.3 Å². The highest BCUT2D eigenvalue weighted by molar-refractivity contribution is 7.26. The second-order valence-electron chi connectivity index (χ2n) is 14.1. The van der Waals surface area contributed by atoms with Gasteiger partial charge in [-0.2, -0.15) is 0 Å². The number of hydrogen-bond donors (Lipinski definition) is 0. The Kier molecular flexibility index (Phi) is 6.97. The van der Waals surface area contributed by atoms with Gasteiger partial charge in [0.05, 0.1) is 9.52 Å². The third-order valence-electron chi connectivity index (χ3n) is 11.1. The molecule has 0 saturated heterocycles. The second kappa shape index (κ2) is 12.2. The normalized spacial score (nSPS) is 12.5. The molecule has 0 radical (unpaired) electrons. The predicted molar refractivity (Wildman–Crippen MR) is 233 cm³/mol. The Morgan fingerprint density at radius 3 is 1.89 bits per heavy atom. The lowest BCUT2D eigenvalue weighted by Crippen LogP contribution is -2.27. The monoisotopic (exact) mass is 707 g/mol. The zero-order valence-electron chi connectivity index (χ0n) is 29.0. The Morgan fingerprint density at radius 2 is 1.06 bits per heavy atom. The highest BCUT2D eigenvalue weighted by Crippen LogP contribution is 2.43. The maximum Gasteiger partial charge on any atom is 0.0919 e. The van der Waals surface area contributed by atoms with E-state index >= 15 is 0 Å². The van der Waals surface area contributed by atoms with Gasteiger partial charge in [0.2, 0.25) is 0 Å². The van der Waals surface area contributed by atoms with Crippen molar-refractivity contribution in [3.63, 3.8) is 0 Å². The molecule has 0 atom stereocenters. The quantitative estimate of drug-likeness (QED) is 0.161. The van der Waals surface area contributed by atoms with Crippen LogP contribution in [-0.4, -0.2) is 9.52 Å². The van der Waals surface area contributed by atoms with Crippen LogP contribution in [0.25, 0.3) is 75.1 Å². The summed E-state index contributed by atoms with van der Waals surface area (Å²) in [6, 6.07) is 69.7. The zero-order valence-corrected chi connectivity index (χ0v) is 31.2. The van der Waals surface area contributed by atoms with Crippen molar-refractivity contribution in [1.82, 2.24) is 0 Å². The summed E-state index contributed by atoms with van der Waals surface area (Å²) < 4.78 is 2.79. The first-order chi connectivity index (χ1) is 26.3. The SMILES string of the molecule is c1cc2c(c(N(c3ccc(-c4ccc5ccccc5c4)cc3)c3ccc(-c4cccc5ccccc45)cc3)c1)[SiH2]c1ccc3c(sc4ccccc43)c1-2. The average Bonchev–Trinajstić information content (AvgIpc) is 3.80. The van der Waals surface area contributed by atoms with E-state index in [1.165, 1.54) is 86.0 Å². The first-order valence-electron chi connectivity index (χ1n) is 18.3. The molecule has 0 amide bonds. The third kappa shape index (κ3) is 4.97. The van der Waals surface area contributed by atoms with Crippen molar-refractivity contribution in [2.75, 3.05) is 4.90 Å². The zero-order chi connectivity index (χ0) is 34.9. The van der Waals surface area contributed by atoms with Crippen LogP contribution in [0.3, 0.4) is 0 Å². The largest absolute Gasteiger partial charge is 0.311 e. The van der Waals surface area contributed by atoms with Crippen molar-refractivity contribution >= 4 is 90.0 Å². The van der Waals surface area contributed by atoms with Gasteiger partial charge in [-0.1, -0.05) is 151 Å². The molecule has 11 rings (SSSR count). The van der Waals surface area contributed by atoms with Crippen molar-refractivity contribution in [3.05, 3.63) is 188 Å². The van der Waals surface area contributed by atoms with E-state index in [0.717, 1.165) is 11.4 Å². The van der Waals surface area contributed by atoms with Gasteiger partial charge in [-0.25, -0.2) is 0 Å². The first kappa shape index (κ1) is 30.4. The van der Waals surface area contributed by atoms with Gasteiger partial charge < -0.3 is 4.90 Å². The van der Waals surface area contributed by atoms with Crippen LogP contribution in [0, 0.1) is 0 Å². The lowest BCUT2D eigenvalue weighted by atomic mass is 9.97. The van der Waals surface area contributed by atoms with E-state index in [0.29, 0.717) is 0 Å². The van der Waals surface area contributed by atoms with E-state index in [4.69, 9.17) is 0 Å². The number of anilines is 3. The second-order valence-corrected chi connectivity index (χ2v) is 16.9. The molecule has 0 unspecified atom stereocenters. The number of rotatable bonds is 5. The fourth-order valence-electron chi connectivity index (χ4n) is 8.53. The number of benzene rings is 9. The topological polar surface area (TPSA) is 3.24 Å². The molecule has 1 aliphatic rings. The summed E-state index contributed by atoms with van der Waals surface area (Å²) in [5, 5.41) is 10.9. The van der Waals surface area contributed by atoms with Gasteiger partial charge in [0, 0.05) is 37.2 Å². The van der Waals surface area contributed by atoms with Gasteiger partial charge in [0.15, 0.2) is 0 Å². The molecule has 10 aromatic rings. The van der Waals surface area contributed by atoms with Crippen LogP contribution < -0.4 is 15.3 Å². The number of fused-ring (bicyclic) bond motifs is 9. The van der Waals surface area contributed by atoms with Gasteiger partial charge >= 0.3 is 0 Å². The standard InChI is InChI=1S/C50H33NSSi/c1-2-11-36-31-37(20-19-32(36)9-1)33-21-25-38(26-22-33)51(39-27-23-35(24-28-39)41-15-7-12-34-10-3-4-13-40(34)41)45-17-8-16-44-48-47(53-50(44)45)30-29-43-42-14-5-6-18-46(42)52-49(43)48/h1-31H,53H2. The van der Waals surface area contributed by atoms with Crippen molar-refractivity contribution in [2.45, 2.75) is 0 Å². The molecular weight excluding hydrogens is 675 g/mol. The molecule has 0 aliphatic carbocycles. The van der Waals surface area contributed by atoms with Gasteiger partial charge in [-0.3, -0.25) is 0 Å². The van der Waals surface area contributed by atoms with Crippen LogP contribution in [0.4, 0.5) is 17.1 Å². The summed E-state index contributed by atoms with van der Waals surface area (Å²) in [5.74, 6) is 0. The summed E-state index contributed by atoms with van der Waals surface area (Å²) in [5.41, 5.74) is 11.4. The maximum atomic E-state index is 2.50. The summed E-state index contributed by atoms with van der Waals surface area (Å²) in [6.45, 7) is 0. The van der Waals surface area contributed by atoms with Crippen LogP contribution in [0.1, 0.15) is 0 Å². The lowest BCUT2D eigenvalue weighted by Gasteiger charge is -2.28. The molecule has 1 aromatic heterocycles. The molecule has 0 N–H and O–H groups in total. The van der Waals surface area contributed by atoms with Gasteiger partial charge in [-0.05, 0) is 103 Å². The Balaban J connectivity index is 1.06. The highest BCUT2D eigenvalue weighted by atomic mass is 32.1. The summed E-state index contributed by atoms with van der Waals surface area (Å²) in [6.07, 6.45) is 0. The van der Waals surface area contributed by atoms with E-state index in [2.05, 4.69) is 193 Å². The van der Waals surface area contributed by atoms with Gasteiger partial charge in [0.25, 0.3) is 0 Å². The molecule has 0 spiro atoms. The first-order valence-corrected chi connectivity index (χ1v) is 20.5. The van der Waals surface area contributed by atoms with E-state index in [-0.39, 0.29) is 0 Å². The van der Waals surface area contributed by atoms with Crippen molar-refractivity contribution in [3.8, 4) is 33.4 Å². The minimum Gasteiger partial charge on any atom is -0.311 e. The number of thiophene rings is 1. The summed E-state index contributed by atoms with van der Waals surface area (Å²) in [7, 11) is -0.744. The minimum atomic E-state index is -0.744. The van der Waals surface area contributed by atoms with Gasteiger partial charge in [-0.15, -0.1) is 11.3 Å². The summed E-state index contributed by atoms with van der Waals surface area (Å²) in [4.78, 5) is 2.50. The smallest absolute Gasteiger partial charge is 0.0919 e. The fraction of sp³-hybridized carbons (Fsp3) is 0. The van der Waals surface area contributed by atoms with E-state index in [9.17, 15) is 0 Å². The van der Waals surface area contributed by atoms with E-state index < -0.39 is 9.52 Å². The third-order valence-corrected chi connectivity index (χ3v) is 14.4. The highest BCUT2D eigenvalue weighted by Gasteiger charge is 2.28. The molecule has 53 heavy (non-hydrogen) atoms. The Hall–Kier alpha value is -6.26. The molecular formula is C50H33NSSi. The number of hydrogen-bond acceptors (Lipinski definition) is 2. The van der Waals surface area contributed by atoms with Crippen LogP contribution >= 0.6 is 11.3 Å². The minimum absolute atomic E-state index is 0.744. The molecule has 0 saturated carbocycles. The molecule has 0 fully saturated rings. The number of nitrogens with zero attached hydrogens (tertiary/aromatic N) is 1. The van der Waals surface area contributed by atoms with Gasteiger partial charge in [0.1, 0.15) is 0 Å². The summed E-state index contributed by atoms with van der Waals surface area (Å²) >= 11 is 1.95. The molecule has 3 heteroatoms. The fourth-order valence-corrected chi connectivity index (χ4v) is 12.0. The van der Waals surface area contributed by atoms with Crippen LogP contribution in [0.5, 0.6) is 0 Å². The van der Waals surface area contributed by atoms with E-state index in [1.54, 1.807) is 5.19 Å². The van der Waals surface area contributed by atoms with Crippen LogP contribution in [-0.2, 0) is 0 Å².